The lowest BCUT2D eigenvalue weighted by atomic mass is 9.89. The first-order valence-electron chi connectivity index (χ1n) is 16.7. The Morgan fingerprint density at radius 3 is 1.45 bits per heavy atom. The van der Waals surface area contributed by atoms with Crippen molar-refractivity contribution in [1.82, 2.24) is 0 Å². The SMILES string of the molecule is Fc1cc(-c2c3ccccc3c(N(c3cc4ccc5cccc6ccc(c3)c4c56)c3ccc(F)c4ccccc34)c3ccccc23)cc(F)c1F. The number of hydrogen-bond acceptors (Lipinski definition) is 1. The molecule has 0 bridgehead atoms. The molecule has 0 saturated heterocycles. The molecular weight excluding hydrogens is 643 g/mol. The van der Waals surface area contributed by atoms with E-state index in [1.165, 1.54) is 27.6 Å². The van der Waals surface area contributed by atoms with E-state index in [1.54, 1.807) is 6.07 Å². The van der Waals surface area contributed by atoms with Crippen LogP contribution >= 0.6 is 0 Å². The molecule has 10 aromatic carbocycles. The van der Waals surface area contributed by atoms with Crippen molar-refractivity contribution in [2.45, 2.75) is 0 Å². The highest BCUT2D eigenvalue weighted by Gasteiger charge is 2.25. The predicted octanol–water partition coefficient (Wildman–Crippen LogP) is 13.7. The summed E-state index contributed by atoms with van der Waals surface area (Å²) in [4.78, 5) is 2.18. The van der Waals surface area contributed by atoms with Crippen molar-refractivity contribution < 1.29 is 17.6 Å². The van der Waals surface area contributed by atoms with Crippen LogP contribution in [0.2, 0.25) is 0 Å². The van der Waals surface area contributed by atoms with Crippen LogP contribution in [0.15, 0.2) is 152 Å². The molecule has 5 heteroatoms. The topological polar surface area (TPSA) is 3.24 Å². The smallest absolute Gasteiger partial charge is 0.194 e. The van der Waals surface area contributed by atoms with Crippen LogP contribution in [-0.2, 0) is 0 Å². The van der Waals surface area contributed by atoms with Gasteiger partial charge in [0.2, 0.25) is 0 Å². The molecule has 0 aliphatic heterocycles. The number of hydrogen-bond donors (Lipinski definition) is 0. The lowest BCUT2D eigenvalue weighted by Gasteiger charge is -2.31. The summed E-state index contributed by atoms with van der Waals surface area (Å²) in [5.41, 5.74) is 3.26. The maximum Gasteiger partial charge on any atom is 0.194 e. The second-order valence-electron chi connectivity index (χ2n) is 13.0. The van der Waals surface area contributed by atoms with Crippen LogP contribution in [0.1, 0.15) is 0 Å². The summed E-state index contributed by atoms with van der Waals surface area (Å²) in [5.74, 6) is -4.34. The summed E-state index contributed by atoms with van der Waals surface area (Å²) in [6, 6.07) is 47.5. The maximum absolute atomic E-state index is 15.4. The van der Waals surface area contributed by atoms with Crippen LogP contribution in [0.4, 0.5) is 34.6 Å². The van der Waals surface area contributed by atoms with Gasteiger partial charge < -0.3 is 4.90 Å². The minimum Gasteiger partial charge on any atom is -0.309 e. The molecule has 0 aromatic heterocycles. The van der Waals surface area contributed by atoms with Crippen LogP contribution in [0.25, 0.3) is 75.8 Å². The Kier molecular flexibility index (Phi) is 6.37. The summed E-state index contributed by atoms with van der Waals surface area (Å²) in [5, 5.41) is 11.1. The molecule has 0 unspecified atom stereocenters. The van der Waals surface area contributed by atoms with Gasteiger partial charge >= 0.3 is 0 Å². The minimum atomic E-state index is -1.51. The number of halogens is 4. The fraction of sp³-hybridized carbons (Fsp3) is 0. The second-order valence-corrected chi connectivity index (χ2v) is 13.0. The van der Waals surface area contributed by atoms with Gasteiger partial charge in [0, 0.05) is 27.2 Å². The summed E-state index contributed by atoms with van der Waals surface area (Å²) in [6.07, 6.45) is 0. The van der Waals surface area contributed by atoms with Crippen molar-refractivity contribution in [1.29, 1.82) is 0 Å². The molecule has 0 spiro atoms. The fourth-order valence-corrected chi connectivity index (χ4v) is 8.05. The quantitative estimate of drug-likeness (QED) is 0.0781. The van der Waals surface area contributed by atoms with Gasteiger partial charge in [-0.3, -0.25) is 0 Å². The molecule has 0 radical (unpaired) electrons. The molecule has 0 aliphatic carbocycles. The summed E-state index contributed by atoms with van der Waals surface area (Å²) >= 11 is 0. The standard InChI is InChI=1S/C46H25F4N/c47-38-20-21-41(33-11-2-1-10-32(33)38)51(31-22-28-18-16-26-8-7-9-27-17-19-29(23-31)43(28)42(26)27)46-36-14-5-3-12-34(36)44(35-13-4-6-15-37(35)46)30-24-39(48)45(50)40(49)25-30/h1-25H. The van der Waals surface area contributed by atoms with Crippen molar-refractivity contribution in [2.75, 3.05) is 4.90 Å². The Labute approximate surface area is 289 Å². The van der Waals surface area contributed by atoms with Gasteiger partial charge in [-0.15, -0.1) is 0 Å². The Bertz CT molecular complexity index is 2900. The number of benzene rings is 10. The van der Waals surface area contributed by atoms with Gasteiger partial charge in [0.1, 0.15) is 5.82 Å². The molecule has 0 fully saturated rings. The van der Waals surface area contributed by atoms with Crippen LogP contribution in [0.3, 0.4) is 0 Å². The second kappa shape index (κ2) is 11.0. The van der Waals surface area contributed by atoms with E-state index in [0.29, 0.717) is 10.9 Å². The fourth-order valence-electron chi connectivity index (χ4n) is 8.05. The first kappa shape index (κ1) is 29.5. The molecular formula is C46H25F4N. The molecule has 0 amide bonds. The minimum absolute atomic E-state index is 0.229. The highest BCUT2D eigenvalue weighted by molar-refractivity contribution is 6.26. The number of anilines is 3. The van der Waals surface area contributed by atoms with E-state index in [1.807, 2.05) is 72.8 Å². The zero-order chi connectivity index (χ0) is 34.4. The molecule has 242 valence electrons. The molecule has 0 saturated carbocycles. The van der Waals surface area contributed by atoms with Crippen LogP contribution in [0.5, 0.6) is 0 Å². The van der Waals surface area contributed by atoms with E-state index in [-0.39, 0.29) is 11.4 Å². The summed E-state index contributed by atoms with van der Waals surface area (Å²) in [6.45, 7) is 0. The largest absolute Gasteiger partial charge is 0.309 e. The monoisotopic (exact) mass is 667 g/mol. The van der Waals surface area contributed by atoms with Gasteiger partial charge in [0.25, 0.3) is 0 Å². The summed E-state index contributed by atoms with van der Waals surface area (Å²) in [7, 11) is 0. The van der Waals surface area contributed by atoms with Crippen molar-refractivity contribution >= 4 is 81.7 Å². The Morgan fingerprint density at radius 2 is 0.863 bits per heavy atom. The molecule has 51 heavy (non-hydrogen) atoms. The lowest BCUT2D eigenvalue weighted by Crippen LogP contribution is -2.12. The number of rotatable bonds is 4. The Balaban J connectivity index is 1.37. The zero-order valence-corrected chi connectivity index (χ0v) is 26.9. The first-order chi connectivity index (χ1) is 25.0. The van der Waals surface area contributed by atoms with E-state index >= 15 is 4.39 Å². The molecule has 10 aromatic rings. The molecule has 0 aliphatic rings. The van der Waals surface area contributed by atoms with Crippen LogP contribution in [0, 0.1) is 23.3 Å². The van der Waals surface area contributed by atoms with Crippen LogP contribution in [-0.4, -0.2) is 0 Å². The van der Waals surface area contributed by atoms with Gasteiger partial charge in [-0.25, -0.2) is 17.6 Å². The van der Waals surface area contributed by atoms with E-state index in [9.17, 15) is 13.2 Å². The molecule has 0 heterocycles. The molecule has 0 atom stereocenters. The lowest BCUT2D eigenvalue weighted by molar-refractivity contribution is 0.448. The van der Waals surface area contributed by atoms with E-state index in [0.717, 1.165) is 66.9 Å². The third-order valence-electron chi connectivity index (χ3n) is 10.2. The van der Waals surface area contributed by atoms with Crippen molar-refractivity contribution in [3.8, 4) is 11.1 Å². The van der Waals surface area contributed by atoms with Gasteiger partial charge in [-0.1, -0.05) is 115 Å². The average molecular weight is 668 g/mol. The maximum atomic E-state index is 15.4. The van der Waals surface area contributed by atoms with Crippen molar-refractivity contribution in [3.05, 3.63) is 175 Å². The Hall–Kier alpha value is -6.46. The zero-order valence-electron chi connectivity index (χ0n) is 26.9. The van der Waals surface area contributed by atoms with E-state index < -0.39 is 17.5 Å². The molecule has 10 rings (SSSR count). The third-order valence-corrected chi connectivity index (χ3v) is 10.2. The Morgan fingerprint density at radius 1 is 0.373 bits per heavy atom. The predicted molar refractivity (Wildman–Crippen MR) is 203 cm³/mol. The van der Waals surface area contributed by atoms with Crippen molar-refractivity contribution in [3.63, 3.8) is 0 Å². The van der Waals surface area contributed by atoms with E-state index in [4.69, 9.17) is 0 Å². The third kappa shape index (κ3) is 4.34. The van der Waals surface area contributed by atoms with Gasteiger partial charge in [-0.2, -0.15) is 0 Å². The summed E-state index contributed by atoms with van der Waals surface area (Å²) < 4.78 is 59.3. The number of fused-ring (bicyclic) bond motifs is 3. The molecule has 0 N–H and O–H groups in total. The van der Waals surface area contributed by atoms with Gasteiger partial charge in [0.15, 0.2) is 17.5 Å². The van der Waals surface area contributed by atoms with Gasteiger partial charge in [-0.05, 0) is 90.6 Å². The van der Waals surface area contributed by atoms with E-state index in [2.05, 4.69) is 59.5 Å². The number of nitrogens with zero attached hydrogens (tertiary/aromatic N) is 1. The highest BCUT2D eigenvalue weighted by Crippen LogP contribution is 2.50. The highest BCUT2D eigenvalue weighted by atomic mass is 19.2. The van der Waals surface area contributed by atoms with Gasteiger partial charge in [0.05, 0.1) is 11.4 Å². The normalized spacial score (nSPS) is 11.9. The van der Waals surface area contributed by atoms with Crippen molar-refractivity contribution in [2.24, 2.45) is 0 Å². The average Bonchev–Trinajstić information content (AvgIpc) is 3.16. The molecule has 1 nitrogen and oxygen atoms in total. The first-order valence-corrected chi connectivity index (χ1v) is 16.7. The van der Waals surface area contributed by atoms with Crippen LogP contribution < -0.4 is 4.90 Å².